The van der Waals surface area contributed by atoms with Gasteiger partial charge in [-0.15, -0.1) is 13.2 Å². The van der Waals surface area contributed by atoms with Gasteiger partial charge < -0.3 is 9.84 Å². The van der Waals surface area contributed by atoms with Crippen LogP contribution in [0.5, 0.6) is 5.75 Å². The van der Waals surface area contributed by atoms with Crippen molar-refractivity contribution in [3.63, 3.8) is 0 Å². The molecule has 3 rings (SSSR count). The highest BCUT2D eigenvalue weighted by Crippen LogP contribution is 2.30. The monoisotopic (exact) mass is 404 g/mol. The molecule has 138 valence electrons. The number of alkyl halides is 3. The van der Waals surface area contributed by atoms with E-state index in [1.807, 2.05) is 0 Å². The molecule has 0 bridgehead atoms. The quantitative estimate of drug-likeness (QED) is 0.662. The van der Waals surface area contributed by atoms with E-state index in [1.165, 1.54) is 22.9 Å². The predicted molar refractivity (Wildman–Crippen MR) is 92.8 cm³/mol. The minimum Gasteiger partial charge on any atom is -0.406 e. The summed E-state index contributed by atoms with van der Waals surface area (Å²) in [4.78, 5) is 0. The standard InChI is InChI=1S/C17H13Cl2F3N2O2/c18-11-2-1-10(14(19)7-11)9-24-16-8-12(26-17(20,21)22)3-4-13(16)15(23-24)5-6-25/h1-4,7-8,25H,5-6,9H2. The van der Waals surface area contributed by atoms with E-state index in [0.29, 0.717) is 32.2 Å². The second kappa shape index (κ2) is 7.34. The van der Waals surface area contributed by atoms with Crippen molar-refractivity contribution in [3.8, 4) is 5.75 Å². The highest BCUT2D eigenvalue weighted by atomic mass is 35.5. The maximum atomic E-state index is 12.5. The lowest BCUT2D eigenvalue weighted by Gasteiger charge is -2.10. The topological polar surface area (TPSA) is 47.3 Å². The molecule has 0 aliphatic heterocycles. The molecule has 0 radical (unpaired) electrons. The second-order valence-corrected chi connectivity index (χ2v) is 6.38. The number of hydrogen-bond acceptors (Lipinski definition) is 3. The van der Waals surface area contributed by atoms with Gasteiger partial charge in [0.25, 0.3) is 0 Å². The van der Waals surface area contributed by atoms with Crippen molar-refractivity contribution in [1.29, 1.82) is 0 Å². The van der Waals surface area contributed by atoms with E-state index in [1.54, 1.807) is 18.2 Å². The summed E-state index contributed by atoms with van der Waals surface area (Å²) in [5, 5.41) is 15.1. The van der Waals surface area contributed by atoms with Crippen molar-refractivity contribution in [3.05, 3.63) is 57.7 Å². The Morgan fingerprint density at radius 2 is 1.88 bits per heavy atom. The average molecular weight is 405 g/mol. The maximum Gasteiger partial charge on any atom is 0.573 e. The number of aliphatic hydroxyl groups excluding tert-OH is 1. The molecule has 2 aromatic carbocycles. The van der Waals surface area contributed by atoms with E-state index in [4.69, 9.17) is 23.2 Å². The van der Waals surface area contributed by atoms with Crippen LogP contribution in [-0.4, -0.2) is 27.9 Å². The van der Waals surface area contributed by atoms with Crippen LogP contribution < -0.4 is 4.74 Å². The van der Waals surface area contributed by atoms with Gasteiger partial charge in [-0.05, 0) is 29.8 Å². The number of ether oxygens (including phenoxy) is 1. The number of aromatic nitrogens is 2. The lowest BCUT2D eigenvalue weighted by molar-refractivity contribution is -0.274. The number of aliphatic hydroxyl groups is 1. The number of benzene rings is 2. The van der Waals surface area contributed by atoms with Gasteiger partial charge in [0.05, 0.1) is 17.8 Å². The van der Waals surface area contributed by atoms with E-state index < -0.39 is 6.36 Å². The summed E-state index contributed by atoms with van der Waals surface area (Å²) in [6, 6.07) is 8.95. The van der Waals surface area contributed by atoms with Crippen LogP contribution in [0.1, 0.15) is 11.3 Å². The van der Waals surface area contributed by atoms with Crippen LogP contribution in [0.4, 0.5) is 13.2 Å². The molecule has 26 heavy (non-hydrogen) atoms. The van der Waals surface area contributed by atoms with Gasteiger partial charge in [-0.2, -0.15) is 5.10 Å². The maximum absolute atomic E-state index is 12.5. The summed E-state index contributed by atoms with van der Waals surface area (Å²) >= 11 is 12.1. The molecular weight excluding hydrogens is 392 g/mol. The Kier molecular flexibility index (Phi) is 5.32. The molecule has 3 aromatic rings. The van der Waals surface area contributed by atoms with E-state index in [0.717, 1.165) is 0 Å². The first-order valence-electron chi connectivity index (χ1n) is 7.57. The number of hydrogen-bond donors (Lipinski definition) is 1. The zero-order valence-corrected chi connectivity index (χ0v) is 14.7. The van der Waals surface area contributed by atoms with Crippen molar-refractivity contribution in [2.24, 2.45) is 0 Å². The fourth-order valence-electron chi connectivity index (χ4n) is 2.64. The number of halogens is 5. The minimum absolute atomic E-state index is 0.130. The number of fused-ring (bicyclic) bond motifs is 1. The Bertz CT molecular complexity index is 942. The molecule has 1 heterocycles. The van der Waals surface area contributed by atoms with Crippen LogP contribution in [0.3, 0.4) is 0 Å². The number of rotatable bonds is 5. The normalized spacial score (nSPS) is 11.9. The van der Waals surface area contributed by atoms with Crippen molar-refractivity contribution in [1.82, 2.24) is 9.78 Å². The predicted octanol–water partition coefficient (Wildman–Crippen LogP) is 4.82. The smallest absolute Gasteiger partial charge is 0.406 e. The molecule has 0 fully saturated rings. The lowest BCUT2D eigenvalue weighted by atomic mass is 10.1. The van der Waals surface area contributed by atoms with Crippen molar-refractivity contribution < 1.29 is 23.0 Å². The number of nitrogens with zero attached hydrogens (tertiary/aromatic N) is 2. The van der Waals surface area contributed by atoms with Gasteiger partial charge in [-0.3, -0.25) is 4.68 Å². The summed E-state index contributed by atoms with van der Waals surface area (Å²) in [5.74, 6) is -0.344. The van der Waals surface area contributed by atoms with Gasteiger partial charge in [-0.25, -0.2) is 0 Å². The fourth-order valence-corrected chi connectivity index (χ4v) is 3.11. The zero-order valence-electron chi connectivity index (χ0n) is 13.2. The van der Waals surface area contributed by atoms with Crippen LogP contribution >= 0.6 is 23.2 Å². The first-order valence-corrected chi connectivity index (χ1v) is 8.32. The second-order valence-electron chi connectivity index (χ2n) is 5.54. The summed E-state index contributed by atoms with van der Waals surface area (Å²) in [7, 11) is 0. The van der Waals surface area contributed by atoms with E-state index in [-0.39, 0.29) is 25.3 Å². The zero-order chi connectivity index (χ0) is 18.9. The Labute approximate surface area is 156 Å². The van der Waals surface area contributed by atoms with Crippen molar-refractivity contribution in [2.75, 3.05) is 6.61 Å². The largest absolute Gasteiger partial charge is 0.573 e. The van der Waals surface area contributed by atoms with Crippen LogP contribution in [0.2, 0.25) is 10.0 Å². The molecule has 0 amide bonds. The van der Waals surface area contributed by atoms with Gasteiger partial charge in [-0.1, -0.05) is 29.3 Å². The third-order valence-corrected chi connectivity index (χ3v) is 4.30. The molecule has 0 saturated carbocycles. The molecule has 0 atom stereocenters. The SMILES string of the molecule is OCCc1nn(Cc2ccc(Cl)cc2Cl)c2cc(OC(F)(F)F)ccc12. The van der Waals surface area contributed by atoms with E-state index >= 15 is 0 Å². The molecule has 1 aromatic heterocycles. The Morgan fingerprint density at radius 3 is 2.54 bits per heavy atom. The molecule has 4 nitrogen and oxygen atoms in total. The molecule has 9 heteroatoms. The first-order chi connectivity index (χ1) is 12.3. The van der Waals surface area contributed by atoms with Gasteiger partial charge in [0, 0.05) is 34.5 Å². The highest BCUT2D eigenvalue weighted by molar-refractivity contribution is 6.35. The molecular formula is C17H13Cl2F3N2O2. The third-order valence-electron chi connectivity index (χ3n) is 3.72. The van der Waals surface area contributed by atoms with Crippen molar-refractivity contribution >= 4 is 34.1 Å². The van der Waals surface area contributed by atoms with Crippen LogP contribution in [0.15, 0.2) is 36.4 Å². The Balaban J connectivity index is 2.05. The molecule has 0 spiro atoms. The van der Waals surface area contributed by atoms with Gasteiger partial charge >= 0.3 is 6.36 Å². The molecule has 0 unspecified atom stereocenters. The van der Waals surface area contributed by atoms with Crippen LogP contribution in [0.25, 0.3) is 10.9 Å². The Morgan fingerprint density at radius 1 is 1.12 bits per heavy atom. The lowest BCUT2D eigenvalue weighted by Crippen LogP contribution is -2.17. The van der Waals surface area contributed by atoms with Gasteiger partial charge in [0.2, 0.25) is 0 Å². The molecule has 0 aliphatic carbocycles. The average Bonchev–Trinajstić information content (AvgIpc) is 2.86. The fraction of sp³-hybridized carbons (Fsp3) is 0.235. The summed E-state index contributed by atoms with van der Waals surface area (Å²) in [6.07, 6.45) is -4.51. The highest BCUT2D eigenvalue weighted by Gasteiger charge is 2.31. The van der Waals surface area contributed by atoms with Gasteiger partial charge in [0.15, 0.2) is 0 Å². The summed E-state index contributed by atoms with van der Waals surface area (Å²) in [6.45, 7) is 0.0992. The summed E-state index contributed by atoms with van der Waals surface area (Å²) in [5.41, 5.74) is 1.73. The minimum atomic E-state index is -4.79. The molecule has 1 N–H and O–H groups in total. The van der Waals surface area contributed by atoms with E-state index in [2.05, 4.69) is 9.84 Å². The Hall–Kier alpha value is -1.96. The summed E-state index contributed by atoms with van der Waals surface area (Å²) < 4.78 is 43.0. The molecule has 0 aliphatic rings. The molecule has 0 saturated heterocycles. The van der Waals surface area contributed by atoms with Gasteiger partial charge in [0.1, 0.15) is 5.75 Å². The van der Waals surface area contributed by atoms with Crippen LogP contribution in [0, 0.1) is 0 Å². The first kappa shape index (κ1) is 18.8. The van der Waals surface area contributed by atoms with Crippen LogP contribution in [-0.2, 0) is 13.0 Å². The van der Waals surface area contributed by atoms with E-state index in [9.17, 15) is 18.3 Å². The third kappa shape index (κ3) is 4.23. The van der Waals surface area contributed by atoms with Crippen molar-refractivity contribution in [2.45, 2.75) is 19.3 Å².